The molecule has 3 nitrogen and oxygen atoms in total. The summed E-state index contributed by atoms with van der Waals surface area (Å²) in [6.07, 6.45) is 10.5. The molecule has 0 spiro atoms. The first-order valence-corrected chi connectivity index (χ1v) is 13.8. The predicted octanol–water partition coefficient (Wildman–Crippen LogP) is 10.0. The number of carbonyl (C=O) groups excluding carboxylic acids is 1. The van der Waals surface area contributed by atoms with Crippen LogP contribution < -0.4 is 4.74 Å². The smallest absolute Gasteiger partial charge is 0.449 e. The molecule has 0 aliphatic rings. The van der Waals surface area contributed by atoms with Gasteiger partial charge in [-0.05, 0) is 54.3 Å². The summed E-state index contributed by atoms with van der Waals surface area (Å²) >= 11 is 0. The molecular formula is C31H43F3O3. The standard InChI is InChI=1S/C31H43F3O3/c1-4-5-6-7-8-9-10-11-12-13-14-15-16-17-29(31(32,33)34)37-30(35)24(2)25-18-19-27-23-28(36-3)21-20-26(27)22-25/h17-24H,4-16H2,1-3H3/b29-17+/t24-/m0/s1. The zero-order valence-corrected chi connectivity index (χ0v) is 22.7. The van der Waals surface area contributed by atoms with Crippen LogP contribution in [0.2, 0.25) is 0 Å². The molecule has 0 aromatic heterocycles. The Morgan fingerprint density at radius 3 is 1.95 bits per heavy atom. The van der Waals surface area contributed by atoms with Gasteiger partial charge >= 0.3 is 12.1 Å². The first-order valence-electron chi connectivity index (χ1n) is 13.8. The molecule has 0 radical (unpaired) electrons. The molecule has 206 valence electrons. The number of carbonyl (C=O) groups is 1. The fourth-order valence-electron chi connectivity index (χ4n) is 4.41. The van der Waals surface area contributed by atoms with Gasteiger partial charge in [0.2, 0.25) is 5.76 Å². The van der Waals surface area contributed by atoms with E-state index in [0.29, 0.717) is 17.7 Å². The summed E-state index contributed by atoms with van der Waals surface area (Å²) in [6.45, 7) is 3.78. The van der Waals surface area contributed by atoms with Crippen LogP contribution in [0, 0.1) is 0 Å². The lowest BCUT2D eigenvalue weighted by Crippen LogP contribution is -2.21. The molecule has 0 amide bonds. The average Bonchev–Trinajstić information content (AvgIpc) is 2.88. The average molecular weight is 521 g/mol. The fourth-order valence-corrected chi connectivity index (χ4v) is 4.41. The highest BCUT2D eigenvalue weighted by atomic mass is 19.4. The summed E-state index contributed by atoms with van der Waals surface area (Å²) < 4.78 is 50.6. The maximum atomic E-state index is 13.5. The number of rotatable bonds is 17. The first kappa shape index (κ1) is 30.7. The van der Waals surface area contributed by atoms with Crippen molar-refractivity contribution in [3.05, 3.63) is 53.8 Å². The van der Waals surface area contributed by atoms with Crippen LogP contribution in [0.25, 0.3) is 10.8 Å². The highest BCUT2D eigenvalue weighted by molar-refractivity contribution is 5.87. The summed E-state index contributed by atoms with van der Waals surface area (Å²) in [5.41, 5.74) is 0.602. The summed E-state index contributed by atoms with van der Waals surface area (Å²) in [7, 11) is 1.58. The Bertz CT molecular complexity index is 981. The van der Waals surface area contributed by atoms with Gasteiger partial charge in [0.25, 0.3) is 0 Å². The lowest BCUT2D eigenvalue weighted by Gasteiger charge is -2.16. The highest BCUT2D eigenvalue weighted by Crippen LogP contribution is 2.31. The van der Waals surface area contributed by atoms with Crippen LogP contribution in [0.1, 0.15) is 109 Å². The lowest BCUT2D eigenvalue weighted by molar-refractivity contribution is -0.161. The quantitative estimate of drug-likeness (QED) is 0.118. The van der Waals surface area contributed by atoms with E-state index >= 15 is 0 Å². The monoisotopic (exact) mass is 520 g/mol. The summed E-state index contributed by atoms with van der Waals surface area (Å²) in [5.74, 6) is -2.24. The Balaban J connectivity index is 1.78. The van der Waals surface area contributed by atoms with Crippen molar-refractivity contribution in [1.82, 2.24) is 0 Å². The summed E-state index contributed by atoms with van der Waals surface area (Å²) in [5, 5.41) is 1.79. The van der Waals surface area contributed by atoms with Gasteiger partial charge in [0.15, 0.2) is 0 Å². The van der Waals surface area contributed by atoms with E-state index in [1.807, 2.05) is 18.2 Å². The molecule has 1 atom stereocenters. The third kappa shape index (κ3) is 11.2. The van der Waals surface area contributed by atoms with Crippen molar-refractivity contribution in [1.29, 1.82) is 0 Å². The lowest BCUT2D eigenvalue weighted by atomic mass is 9.98. The van der Waals surface area contributed by atoms with Crippen molar-refractivity contribution >= 4 is 16.7 Å². The van der Waals surface area contributed by atoms with Crippen molar-refractivity contribution in [3.63, 3.8) is 0 Å². The van der Waals surface area contributed by atoms with E-state index in [2.05, 4.69) is 6.92 Å². The van der Waals surface area contributed by atoms with E-state index in [1.165, 1.54) is 51.4 Å². The molecule has 0 heterocycles. The second-order valence-corrected chi connectivity index (χ2v) is 9.86. The van der Waals surface area contributed by atoms with Crippen molar-refractivity contribution in [2.24, 2.45) is 0 Å². The zero-order chi connectivity index (χ0) is 27.1. The van der Waals surface area contributed by atoms with Crippen LogP contribution in [-0.2, 0) is 9.53 Å². The van der Waals surface area contributed by atoms with Gasteiger partial charge in [-0.1, -0.05) is 102 Å². The van der Waals surface area contributed by atoms with Crippen LogP contribution in [0.4, 0.5) is 13.2 Å². The second kappa shape index (κ2) is 16.4. The van der Waals surface area contributed by atoms with Gasteiger partial charge < -0.3 is 9.47 Å². The van der Waals surface area contributed by atoms with Gasteiger partial charge in [-0.15, -0.1) is 0 Å². The molecule has 6 heteroatoms. The molecule has 2 aromatic rings. The Kier molecular flexibility index (Phi) is 13.6. The summed E-state index contributed by atoms with van der Waals surface area (Å²) in [6, 6.07) is 10.9. The molecular weight excluding hydrogens is 477 g/mol. The number of halogens is 3. The number of esters is 1. The Morgan fingerprint density at radius 1 is 0.838 bits per heavy atom. The molecule has 0 N–H and O–H groups in total. The van der Waals surface area contributed by atoms with Crippen molar-refractivity contribution in [2.75, 3.05) is 7.11 Å². The molecule has 0 unspecified atom stereocenters. The Labute approximate surface area is 220 Å². The molecule has 0 bridgehead atoms. The molecule has 37 heavy (non-hydrogen) atoms. The number of unbranched alkanes of at least 4 members (excludes halogenated alkanes) is 12. The largest absolute Gasteiger partial charge is 0.497 e. The maximum absolute atomic E-state index is 13.5. The number of methoxy groups -OCH3 is 1. The van der Waals surface area contributed by atoms with Crippen molar-refractivity contribution in [3.8, 4) is 5.75 Å². The van der Waals surface area contributed by atoms with Crippen molar-refractivity contribution < 1.29 is 27.4 Å². The van der Waals surface area contributed by atoms with E-state index in [0.717, 1.165) is 36.1 Å². The SMILES string of the molecule is CCCCCCCCCCCCCC/C=C(/OC(=O)[C@@H](C)c1ccc2cc(OC)ccc2c1)C(F)(F)F. The molecule has 0 aliphatic carbocycles. The molecule has 0 aliphatic heterocycles. The van der Waals surface area contributed by atoms with E-state index < -0.39 is 23.8 Å². The minimum absolute atomic E-state index is 0.242. The van der Waals surface area contributed by atoms with Crippen LogP contribution in [0.5, 0.6) is 5.75 Å². The van der Waals surface area contributed by atoms with Crippen LogP contribution >= 0.6 is 0 Å². The number of hydrogen-bond donors (Lipinski definition) is 0. The van der Waals surface area contributed by atoms with Crippen molar-refractivity contribution in [2.45, 2.75) is 109 Å². The van der Waals surface area contributed by atoms with Gasteiger partial charge in [-0.25, -0.2) is 0 Å². The second-order valence-electron chi connectivity index (χ2n) is 9.86. The van der Waals surface area contributed by atoms with Gasteiger partial charge in [0.05, 0.1) is 13.0 Å². The number of benzene rings is 2. The van der Waals surface area contributed by atoms with Gasteiger partial charge in [-0.2, -0.15) is 13.2 Å². The van der Waals surface area contributed by atoms with E-state index in [1.54, 1.807) is 32.2 Å². The van der Waals surface area contributed by atoms with E-state index in [4.69, 9.17) is 9.47 Å². The van der Waals surface area contributed by atoms with Crippen LogP contribution in [0.3, 0.4) is 0 Å². The third-order valence-electron chi connectivity index (χ3n) is 6.80. The molecule has 0 saturated carbocycles. The number of hydrogen-bond acceptors (Lipinski definition) is 3. The van der Waals surface area contributed by atoms with Crippen LogP contribution in [0.15, 0.2) is 48.2 Å². The van der Waals surface area contributed by atoms with Gasteiger partial charge in [0.1, 0.15) is 5.75 Å². The Morgan fingerprint density at radius 2 is 1.38 bits per heavy atom. The Hall–Kier alpha value is -2.50. The minimum atomic E-state index is -4.70. The normalized spacial score (nSPS) is 13.1. The predicted molar refractivity (Wildman–Crippen MR) is 145 cm³/mol. The van der Waals surface area contributed by atoms with Gasteiger partial charge in [0, 0.05) is 0 Å². The number of fused-ring (bicyclic) bond motifs is 1. The molecule has 2 rings (SSSR count). The maximum Gasteiger partial charge on any atom is 0.449 e. The fraction of sp³-hybridized carbons (Fsp3) is 0.581. The summed E-state index contributed by atoms with van der Waals surface area (Å²) in [4.78, 5) is 12.6. The van der Waals surface area contributed by atoms with Gasteiger partial charge in [-0.3, -0.25) is 4.79 Å². The first-order chi connectivity index (χ1) is 17.8. The number of alkyl halides is 3. The molecule has 0 saturated heterocycles. The van der Waals surface area contributed by atoms with E-state index in [9.17, 15) is 18.0 Å². The number of ether oxygens (including phenoxy) is 2. The number of allylic oxidation sites excluding steroid dienone is 2. The third-order valence-corrected chi connectivity index (χ3v) is 6.80. The minimum Gasteiger partial charge on any atom is -0.497 e. The molecule has 2 aromatic carbocycles. The topological polar surface area (TPSA) is 35.5 Å². The van der Waals surface area contributed by atoms with Crippen LogP contribution in [-0.4, -0.2) is 19.3 Å². The highest BCUT2D eigenvalue weighted by Gasteiger charge is 2.38. The molecule has 0 fully saturated rings. The zero-order valence-electron chi connectivity index (χ0n) is 22.7. The van der Waals surface area contributed by atoms with E-state index in [-0.39, 0.29) is 6.42 Å².